The van der Waals surface area contributed by atoms with Gasteiger partial charge in [-0.15, -0.1) is 0 Å². The number of carbonyl (C=O) groups is 3. The minimum absolute atomic E-state index is 0.141. The average Bonchev–Trinajstić information content (AvgIpc) is 2.70. The Morgan fingerprint density at radius 1 is 1.30 bits per heavy atom. The van der Waals surface area contributed by atoms with E-state index in [-0.39, 0.29) is 12.2 Å². The van der Waals surface area contributed by atoms with Crippen molar-refractivity contribution in [1.29, 1.82) is 0 Å². The molecule has 1 unspecified atom stereocenters. The van der Waals surface area contributed by atoms with E-state index < -0.39 is 23.5 Å². The Hall–Kier alpha value is -2.31. The van der Waals surface area contributed by atoms with Gasteiger partial charge in [0.1, 0.15) is 0 Å². The van der Waals surface area contributed by atoms with Crippen LogP contribution in [0.25, 0.3) is 0 Å². The molecular formula is C13H16O7. The standard InChI is InChI=1S/C13H16O7/c1-5-13(12(16)18-4)8(2)10(11(15)20-13)19-7-6-9(14)17-3/h6-7H,5H2,1-4H3/b7-6+. The lowest BCUT2D eigenvalue weighted by molar-refractivity contribution is -0.171. The molecular weight excluding hydrogens is 268 g/mol. The van der Waals surface area contributed by atoms with Crippen LogP contribution in [0, 0.1) is 0 Å². The first-order chi connectivity index (χ1) is 9.42. The van der Waals surface area contributed by atoms with Gasteiger partial charge in [0.25, 0.3) is 0 Å². The second-order valence-electron chi connectivity index (χ2n) is 3.96. The number of esters is 3. The Balaban J connectivity index is 3.02. The quantitative estimate of drug-likeness (QED) is 0.320. The number of methoxy groups -OCH3 is 2. The Morgan fingerprint density at radius 2 is 1.95 bits per heavy atom. The van der Waals surface area contributed by atoms with Crippen LogP contribution < -0.4 is 0 Å². The van der Waals surface area contributed by atoms with Crippen LogP contribution in [0.1, 0.15) is 20.3 Å². The summed E-state index contributed by atoms with van der Waals surface area (Å²) in [6.45, 7) is 3.22. The largest absolute Gasteiger partial charge is 0.466 e. The van der Waals surface area contributed by atoms with Crippen LogP contribution in [0.5, 0.6) is 0 Å². The maximum Gasteiger partial charge on any atom is 0.375 e. The van der Waals surface area contributed by atoms with E-state index in [9.17, 15) is 14.4 Å². The van der Waals surface area contributed by atoms with E-state index in [2.05, 4.69) is 9.47 Å². The summed E-state index contributed by atoms with van der Waals surface area (Å²) in [6.07, 6.45) is 2.21. The molecule has 1 atom stereocenters. The van der Waals surface area contributed by atoms with Crippen LogP contribution >= 0.6 is 0 Å². The number of carbonyl (C=O) groups excluding carboxylic acids is 3. The van der Waals surface area contributed by atoms with E-state index in [0.717, 1.165) is 12.3 Å². The van der Waals surface area contributed by atoms with E-state index in [1.807, 2.05) is 0 Å². The van der Waals surface area contributed by atoms with Crippen molar-refractivity contribution in [2.75, 3.05) is 14.2 Å². The van der Waals surface area contributed by atoms with Crippen molar-refractivity contribution in [2.45, 2.75) is 25.9 Å². The molecule has 0 bridgehead atoms. The fourth-order valence-corrected chi connectivity index (χ4v) is 1.82. The van der Waals surface area contributed by atoms with Gasteiger partial charge in [0, 0.05) is 5.57 Å². The summed E-state index contributed by atoms with van der Waals surface area (Å²) in [6, 6.07) is 0. The number of cyclic esters (lactones) is 1. The molecule has 0 spiro atoms. The molecule has 1 aliphatic rings. The zero-order chi connectivity index (χ0) is 15.3. The number of ether oxygens (including phenoxy) is 4. The molecule has 7 nitrogen and oxygen atoms in total. The highest BCUT2D eigenvalue weighted by Crippen LogP contribution is 2.37. The van der Waals surface area contributed by atoms with Crippen molar-refractivity contribution in [3.63, 3.8) is 0 Å². The van der Waals surface area contributed by atoms with Crippen LogP contribution in [-0.2, 0) is 33.3 Å². The SMILES string of the molecule is CCC1(C(=O)OC)OC(=O)C(O/C=C/C(=O)OC)=C1C. The molecule has 0 saturated heterocycles. The Bertz CT molecular complexity index is 489. The van der Waals surface area contributed by atoms with Gasteiger partial charge in [-0.1, -0.05) is 6.92 Å². The van der Waals surface area contributed by atoms with E-state index in [0.29, 0.717) is 5.57 Å². The molecule has 1 aliphatic heterocycles. The molecule has 0 N–H and O–H groups in total. The van der Waals surface area contributed by atoms with Gasteiger partial charge in [-0.3, -0.25) is 0 Å². The van der Waals surface area contributed by atoms with E-state index in [1.165, 1.54) is 21.1 Å². The van der Waals surface area contributed by atoms with Gasteiger partial charge in [0.05, 0.1) is 26.6 Å². The number of hydrogen-bond acceptors (Lipinski definition) is 7. The smallest absolute Gasteiger partial charge is 0.375 e. The lowest BCUT2D eigenvalue weighted by Gasteiger charge is -2.24. The summed E-state index contributed by atoms with van der Waals surface area (Å²) in [5.74, 6) is -2.24. The summed E-state index contributed by atoms with van der Waals surface area (Å²) in [5.41, 5.74) is -1.17. The van der Waals surface area contributed by atoms with Crippen molar-refractivity contribution >= 4 is 17.9 Å². The highest BCUT2D eigenvalue weighted by molar-refractivity contribution is 5.98. The number of rotatable bonds is 5. The first-order valence-electron chi connectivity index (χ1n) is 5.87. The molecule has 20 heavy (non-hydrogen) atoms. The van der Waals surface area contributed by atoms with Gasteiger partial charge in [-0.05, 0) is 13.3 Å². The molecule has 0 fully saturated rings. The molecule has 7 heteroatoms. The zero-order valence-electron chi connectivity index (χ0n) is 11.7. The summed E-state index contributed by atoms with van der Waals surface area (Å²) < 4.78 is 19.2. The van der Waals surface area contributed by atoms with Crippen LogP contribution in [-0.4, -0.2) is 37.7 Å². The van der Waals surface area contributed by atoms with Crippen LogP contribution in [0.4, 0.5) is 0 Å². The predicted octanol–water partition coefficient (Wildman–Crippen LogP) is 0.842. The van der Waals surface area contributed by atoms with Crippen LogP contribution in [0.15, 0.2) is 23.7 Å². The van der Waals surface area contributed by atoms with E-state index >= 15 is 0 Å². The minimum atomic E-state index is -1.47. The first-order valence-corrected chi connectivity index (χ1v) is 5.87. The second-order valence-corrected chi connectivity index (χ2v) is 3.96. The first kappa shape index (κ1) is 15.7. The third-order valence-corrected chi connectivity index (χ3v) is 3.00. The van der Waals surface area contributed by atoms with Gasteiger partial charge in [0.2, 0.25) is 11.4 Å². The fourth-order valence-electron chi connectivity index (χ4n) is 1.82. The predicted molar refractivity (Wildman–Crippen MR) is 66.1 cm³/mol. The monoisotopic (exact) mass is 284 g/mol. The second kappa shape index (κ2) is 6.23. The Kier molecular flexibility index (Phi) is 4.90. The molecule has 0 aromatic carbocycles. The molecule has 0 saturated carbocycles. The summed E-state index contributed by atoms with van der Waals surface area (Å²) >= 11 is 0. The third-order valence-electron chi connectivity index (χ3n) is 3.00. The lowest BCUT2D eigenvalue weighted by atomic mass is 9.92. The number of hydrogen-bond donors (Lipinski definition) is 0. The molecule has 110 valence electrons. The average molecular weight is 284 g/mol. The minimum Gasteiger partial charge on any atom is -0.466 e. The summed E-state index contributed by atoms with van der Waals surface area (Å²) in [7, 11) is 2.41. The Labute approximate surface area is 116 Å². The molecule has 0 radical (unpaired) electrons. The third kappa shape index (κ3) is 2.66. The molecule has 1 rings (SSSR count). The molecule has 0 aromatic rings. The summed E-state index contributed by atoms with van der Waals surface area (Å²) in [4.78, 5) is 34.5. The maximum atomic E-state index is 11.8. The topological polar surface area (TPSA) is 88.1 Å². The van der Waals surface area contributed by atoms with Crippen LogP contribution in [0.2, 0.25) is 0 Å². The van der Waals surface area contributed by atoms with Gasteiger partial charge in [-0.2, -0.15) is 0 Å². The zero-order valence-corrected chi connectivity index (χ0v) is 11.7. The van der Waals surface area contributed by atoms with Gasteiger partial charge < -0.3 is 18.9 Å². The van der Waals surface area contributed by atoms with Crippen molar-refractivity contribution in [2.24, 2.45) is 0 Å². The highest BCUT2D eigenvalue weighted by Gasteiger charge is 2.52. The molecule has 0 aromatic heterocycles. The highest BCUT2D eigenvalue weighted by atomic mass is 16.6. The molecule has 0 amide bonds. The van der Waals surface area contributed by atoms with Crippen molar-refractivity contribution in [3.05, 3.63) is 23.7 Å². The Morgan fingerprint density at radius 3 is 2.45 bits per heavy atom. The van der Waals surface area contributed by atoms with Crippen LogP contribution in [0.3, 0.4) is 0 Å². The van der Waals surface area contributed by atoms with Gasteiger partial charge in [0.15, 0.2) is 0 Å². The maximum absolute atomic E-state index is 11.8. The van der Waals surface area contributed by atoms with Gasteiger partial charge >= 0.3 is 17.9 Å². The lowest BCUT2D eigenvalue weighted by Crippen LogP contribution is -2.41. The fraction of sp³-hybridized carbons (Fsp3) is 0.462. The normalized spacial score (nSPS) is 21.9. The summed E-state index contributed by atoms with van der Waals surface area (Å²) in [5, 5.41) is 0. The van der Waals surface area contributed by atoms with E-state index in [1.54, 1.807) is 6.92 Å². The van der Waals surface area contributed by atoms with E-state index in [4.69, 9.17) is 9.47 Å². The van der Waals surface area contributed by atoms with Crippen molar-refractivity contribution < 1.29 is 33.3 Å². The van der Waals surface area contributed by atoms with Crippen molar-refractivity contribution in [1.82, 2.24) is 0 Å². The molecule has 1 heterocycles. The van der Waals surface area contributed by atoms with Crippen molar-refractivity contribution in [3.8, 4) is 0 Å². The van der Waals surface area contributed by atoms with Gasteiger partial charge in [-0.25, -0.2) is 14.4 Å². The molecule has 0 aliphatic carbocycles.